The van der Waals surface area contributed by atoms with Crippen LogP contribution in [0.5, 0.6) is 17.2 Å². The molecule has 1 fully saturated rings. The van der Waals surface area contributed by atoms with Gasteiger partial charge in [-0.3, -0.25) is 15.5 Å². The van der Waals surface area contributed by atoms with Crippen LogP contribution >= 0.6 is 0 Å². The molecule has 1 aliphatic carbocycles. The van der Waals surface area contributed by atoms with Gasteiger partial charge in [-0.25, -0.2) is 24.4 Å². The smallest absolute Gasteiger partial charge is 0.320 e. The van der Waals surface area contributed by atoms with E-state index in [1.165, 1.54) is 6.20 Å². The van der Waals surface area contributed by atoms with Crippen LogP contribution < -0.4 is 31.4 Å². The number of nitrogens with one attached hydrogen (secondary N) is 3. The van der Waals surface area contributed by atoms with E-state index >= 15 is 0 Å². The summed E-state index contributed by atoms with van der Waals surface area (Å²) >= 11 is 0. The first-order chi connectivity index (χ1) is 16.4. The summed E-state index contributed by atoms with van der Waals surface area (Å²) in [7, 11) is 0. The zero-order valence-electron chi connectivity index (χ0n) is 17.5. The standard InChI is InChI=1S/C23H19F2N5O4/c24-15-6-7-16(25)21-19(15)18-14(10-33-21)20(18)29-23(32)28-17-8-5-13(9-27-17)34-12-3-1-11(2-4-12)22(31)30-26/h1-9,14,18,20H,10,26H2,(H,30,31)(H2,27,28,29,32)/t14?,18?,20-/m1/s1. The third kappa shape index (κ3) is 4.08. The molecule has 5 N–H and O–H groups in total. The van der Waals surface area contributed by atoms with Crippen molar-refractivity contribution in [1.29, 1.82) is 0 Å². The van der Waals surface area contributed by atoms with Gasteiger partial charge < -0.3 is 14.8 Å². The van der Waals surface area contributed by atoms with E-state index in [9.17, 15) is 18.4 Å². The van der Waals surface area contributed by atoms with Crippen molar-refractivity contribution < 1.29 is 27.8 Å². The van der Waals surface area contributed by atoms with Crippen LogP contribution in [-0.4, -0.2) is 29.6 Å². The van der Waals surface area contributed by atoms with E-state index in [-0.39, 0.29) is 41.6 Å². The van der Waals surface area contributed by atoms with Gasteiger partial charge in [-0.1, -0.05) is 0 Å². The molecule has 2 aromatic carbocycles. The Morgan fingerprint density at radius 2 is 1.76 bits per heavy atom. The van der Waals surface area contributed by atoms with Gasteiger partial charge in [0.2, 0.25) is 0 Å². The monoisotopic (exact) mass is 467 g/mol. The van der Waals surface area contributed by atoms with Gasteiger partial charge in [0.25, 0.3) is 5.91 Å². The van der Waals surface area contributed by atoms with Crippen LogP contribution in [0.15, 0.2) is 54.7 Å². The van der Waals surface area contributed by atoms with E-state index in [1.54, 1.807) is 36.4 Å². The lowest BCUT2D eigenvalue weighted by molar-refractivity contribution is 0.0953. The molecular weight excluding hydrogens is 448 g/mol. The van der Waals surface area contributed by atoms with Crippen molar-refractivity contribution in [1.82, 2.24) is 15.7 Å². The molecule has 1 aromatic heterocycles. The number of anilines is 1. The van der Waals surface area contributed by atoms with Crippen LogP contribution in [0.1, 0.15) is 21.8 Å². The minimum atomic E-state index is -0.617. The Morgan fingerprint density at radius 1 is 1.03 bits per heavy atom. The lowest BCUT2D eigenvalue weighted by Gasteiger charge is -2.16. The number of hydrogen-bond donors (Lipinski definition) is 4. The van der Waals surface area contributed by atoms with E-state index < -0.39 is 23.6 Å². The quantitative estimate of drug-likeness (QED) is 0.260. The molecule has 0 radical (unpaired) electrons. The van der Waals surface area contributed by atoms with Crippen LogP contribution in [0.25, 0.3) is 0 Å². The Morgan fingerprint density at radius 3 is 2.47 bits per heavy atom. The molecular formula is C23H19F2N5O4. The zero-order valence-corrected chi connectivity index (χ0v) is 17.5. The average molecular weight is 467 g/mol. The average Bonchev–Trinajstić information content (AvgIpc) is 3.54. The van der Waals surface area contributed by atoms with E-state index in [1.807, 2.05) is 5.43 Å². The lowest BCUT2D eigenvalue weighted by atomic mass is 10.0. The van der Waals surface area contributed by atoms with Crippen molar-refractivity contribution in [3.05, 3.63) is 77.5 Å². The second kappa shape index (κ2) is 8.60. The molecule has 5 rings (SSSR count). The zero-order chi connectivity index (χ0) is 23.8. The summed E-state index contributed by atoms with van der Waals surface area (Å²) in [5.74, 6) is 4.15. The number of hydrazine groups is 1. The summed E-state index contributed by atoms with van der Waals surface area (Å²) in [5, 5.41) is 5.38. The van der Waals surface area contributed by atoms with Crippen LogP contribution in [0, 0.1) is 17.6 Å². The van der Waals surface area contributed by atoms with Crippen LogP contribution in [0.2, 0.25) is 0 Å². The first-order valence-electron chi connectivity index (χ1n) is 10.4. The molecule has 9 nitrogen and oxygen atoms in total. The number of aromatic nitrogens is 1. The number of carbonyl (C=O) groups is 2. The molecule has 1 aliphatic heterocycles. The van der Waals surface area contributed by atoms with Gasteiger partial charge in [-0.2, -0.15) is 0 Å². The van der Waals surface area contributed by atoms with Gasteiger partial charge in [0.15, 0.2) is 11.6 Å². The summed E-state index contributed by atoms with van der Waals surface area (Å²) < 4.78 is 39.2. The number of ether oxygens (including phenoxy) is 2. The number of hydrogen-bond acceptors (Lipinski definition) is 6. The fraction of sp³-hybridized carbons (Fsp3) is 0.174. The van der Waals surface area contributed by atoms with Crippen molar-refractivity contribution >= 4 is 17.8 Å². The molecule has 11 heteroatoms. The second-order valence-electron chi connectivity index (χ2n) is 7.88. The Kier molecular flexibility index (Phi) is 5.46. The molecule has 1 saturated carbocycles. The van der Waals surface area contributed by atoms with Crippen molar-refractivity contribution in [2.75, 3.05) is 11.9 Å². The maximum atomic E-state index is 14.2. The highest BCUT2D eigenvalue weighted by Crippen LogP contribution is 2.55. The van der Waals surface area contributed by atoms with E-state index in [0.717, 1.165) is 12.1 Å². The molecule has 2 unspecified atom stereocenters. The van der Waals surface area contributed by atoms with E-state index in [2.05, 4.69) is 15.6 Å². The maximum absolute atomic E-state index is 14.2. The fourth-order valence-corrected chi connectivity index (χ4v) is 4.07. The molecule has 3 aromatic rings. The number of nitrogen functional groups attached to an aromatic ring is 1. The van der Waals surface area contributed by atoms with Crippen LogP contribution in [0.3, 0.4) is 0 Å². The molecule has 3 atom stereocenters. The first-order valence-corrected chi connectivity index (χ1v) is 10.4. The predicted molar refractivity (Wildman–Crippen MR) is 116 cm³/mol. The second-order valence-corrected chi connectivity index (χ2v) is 7.88. The predicted octanol–water partition coefficient (Wildman–Crippen LogP) is 3.05. The van der Waals surface area contributed by atoms with E-state index in [0.29, 0.717) is 17.1 Å². The van der Waals surface area contributed by atoms with Crippen molar-refractivity contribution in [3.63, 3.8) is 0 Å². The van der Waals surface area contributed by atoms with Gasteiger partial charge >= 0.3 is 6.03 Å². The van der Waals surface area contributed by atoms with E-state index in [4.69, 9.17) is 15.3 Å². The maximum Gasteiger partial charge on any atom is 0.320 e. The number of fused-ring (bicyclic) bond motifs is 3. The summed E-state index contributed by atoms with van der Waals surface area (Å²) in [6.07, 6.45) is 1.43. The largest absolute Gasteiger partial charge is 0.490 e. The third-order valence-corrected chi connectivity index (χ3v) is 5.78. The number of rotatable bonds is 5. The van der Waals surface area contributed by atoms with Gasteiger partial charge in [0.05, 0.1) is 12.8 Å². The molecule has 34 heavy (non-hydrogen) atoms. The summed E-state index contributed by atoms with van der Waals surface area (Å²) in [6.45, 7) is 0.200. The van der Waals surface area contributed by atoms with Crippen LogP contribution in [0.4, 0.5) is 19.4 Å². The number of nitrogens with two attached hydrogens (primary N) is 1. The molecule has 0 bridgehead atoms. The van der Waals surface area contributed by atoms with Gasteiger partial charge in [-0.15, -0.1) is 0 Å². The van der Waals surface area contributed by atoms with Crippen molar-refractivity contribution in [2.45, 2.75) is 12.0 Å². The highest BCUT2D eigenvalue weighted by Gasteiger charge is 2.57. The molecule has 0 spiro atoms. The Balaban J connectivity index is 1.17. The van der Waals surface area contributed by atoms with Crippen molar-refractivity contribution in [3.8, 4) is 17.2 Å². The van der Waals surface area contributed by atoms with Gasteiger partial charge in [-0.05, 0) is 48.5 Å². The number of halogens is 2. The van der Waals surface area contributed by atoms with Gasteiger partial charge in [0.1, 0.15) is 23.1 Å². The molecule has 0 saturated heterocycles. The number of amides is 3. The normalized spacial score (nSPS) is 19.7. The summed E-state index contributed by atoms with van der Waals surface area (Å²) in [6, 6.07) is 10.7. The lowest BCUT2D eigenvalue weighted by Crippen LogP contribution is -2.32. The van der Waals surface area contributed by atoms with Gasteiger partial charge in [0, 0.05) is 29.0 Å². The SMILES string of the molecule is NNC(=O)c1ccc(Oc2ccc(NC(=O)N[C@@H]3C4COc5c(F)ccc(F)c5C43)nc2)cc1. The minimum absolute atomic E-state index is 0.0829. The topological polar surface area (TPSA) is 128 Å². The molecule has 174 valence electrons. The summed E-state index contributed by atoms with van der Waals surface area (Å²) in [5.41, 5.74) is 2.59. The molecule has 2 aliphatic rings. The molecule has 2 heterocycles. The highest BCUT2D eigenvalue weighted by atomic mass is 19.1. The number of nitrogens with zero attached hydrogens (tertiary/aromatic N) is 1. The fourth-order valence-electron chi connectivity index (χ4n) is 4.07. The highest BCUT2D eigenvalue weighted by molar-refractivity contribution is 5.93. The Hall–Kier alpha value is -4.25. The number of benzene rings is 2. The van der Waals surface area contributed by atoms with Crippen LogP contribution in [-0.2, 0) is 0 Å². The van der Waals surface area contributed by atoms with Crippen molar-refractivity contribution in [2.24, 2.45) is 11.8 Å². The molecule has 3 amide bonds. The first kappa shape index (κ1) is 21.6. The Bertz CT molecular complexity index is 1250. The third-order valence-electron chi connectivity index (χ3n) is 5.78. The number of pyridine rings is 1. The number of carbonyl (C=O) groups excluding carboxylic acids is 2. The summed E-state index contributed by atoms with van der Waals surface area (Å²) in [4.78, 5) is 28.0. The Labute approximate surface area is 192 Å². The minimum Gasteiger partial charge on any atom is -0.490 e. The number of urea groups is 1.